The van der Waals surface area contributed by atoms with Crippen LogP contribution in [0.25, 0.3) is 0 Å². The van der Waals surface area contributed by atoms with Crippen molar-refractivity contribution in [2.75, 3.05) is 13.1 Å². The molecule has 0 aromatic rings. The lowest BCUT2D eigenvalue weighted by atomic mass is 9.95. The molecule has 2 rings (SSSR count). The maximum absolute atomic E-state index is 6.30. The van der Waals surface area contributed by atoms with E-state index in [1.807, 2.05) is 0 Å². The molecule has 0 bridgehead atoms. The molecule has 0 aromatic carbocycles. The Hall–Kier alpha value is -0.0800. The highest BCUT2D eigenvalue weighted by Crippen LogP contribution is 2.30. The zero-order valence-corrected chi connectivity index (χ0v) is 11.6. The Bertz CT molecular complexity index is 213. The van der Waals surface area contributed by atoms with E-state index in [1.54, 1.807) is 0 Å². The number of ether oxygens (including phenoxy) is 1. The minimum atomic E-state index is 0.454. The van der Waals surface area contributed by atoms with Crippen LogP contribution in [-0.2, 0) is 4.74 Å². The van der Waals surface area contributed by atoms with Gasteiger partial charge in [-0.2, -0.15) is 0 Å². The number of hydrogen-bond donors (Lipinski definition) is 1. The van der Waals surface area contributed by atoms with Crippen LogP contribution in [0.1, 0.15) is 58.8 Å². The van der Waals surface area contributed by atoms with E-state index in [2.05, 4.69) is 19.2 Å². The molecule has 3 atom stereocenters. The minimum absolute atomic E-state index is 0.454. The lowest BCUT2D eigenvalue weighted by Crippen LogP contribution is -2.47. The molecule has 1 saturated carbocycles. The molecule has 2 nitrogen and oxygen atoms in total. The van der Waals surface area contributed by atoms with Crippen molar-refractivity contribution in [2.24, 2.45) is 11.8 Å². The summed E-state index contributed by atoms with van der Waals surface area (Å²) in [5, 5.41) is 3.57. The Kier molecular flexibility index (Phi) is 5.30. The largest absolute Gasteiger partial charge is 0.372 e. The monoisotopic (exact) mass is 239 g/mol. The predicted molar refractivity (Wildman–Crippen MR) is 72.2 cm³/mol. The van der Waals surface area contributed by atoms with E-state index in [9.17, 15) is 0 Å². The summed E-state index contributed by atoms with van der Waals surface area (Å²) < 4.78 is 6.30. The molecule has 17 heavy (non-hydrogen) atoms. The van der Waals surface area contributed by atoms with E-state index in [1.165, 1.54) is 44.9 Å². The summed E-state index contributed by atoms with van der Waals surface area (Å²) >= 11 is 0. The van der Waals surface area contributed by atoms with Crippen LogP contribution in [0.2, 0.25) is 0 Å². The van der Waals surface area contributed by atoms with E-state index >= 15 is 0 Å². The first-order chi connectivity index (χ1) is 8.29. The summed E-state index contributed by atoms with van der Waals surface area (Å²) in [5.74, 6) is 1.65. The van der Waals surface area contributed by atoms with Crippen LogP contribution in [0, 0.1) is 11.8 Å². The van der Waals surface area contributed by atoms with Gasteiger partial charge in [-0.05, 0) is 24.7 Å². The highest BCUT2D eigenvalue weighted by atomic mass is 16.5. The first-order valence-electron chi connectivity index (χ1n) is 7.65. The van der Waals surface area contributed by atoms with E-state index < -0.39 is 0 Å². The maximum Gasteiger partial charge on any atom is 0.0729 e. The number of nitrogens with one attached hydrogen (secondary N) is 1. The quantitative estimate of drug-likeness (QED) is 0.794. The van der Waals surface area contributed by atoms with Crippen LogP contribution in [0.4, 0.5) is 0 Å². The second-order valence-electron chi connectivity index (χ2n) is 6.11. The number of hydrogen-bond acceptors (Lipinski definition) is 2. The summed E-state index contributed by atoms with van der Waals surface area (Å²) in [6.07, 6.45) is 10.6. The summed E-state index contributed by atoms with van der Waals surface area (Å²) in [6, 6.07) is 0. The zero-order chi connectivity index (χ0) is 12.1. The van der Waals surface area contributed by atoms with Gasteiger partial charge in [0.05, 0.1) is 12.2 Å². The Morgan fingerprint density at radius 1 is 1.24 bits per heavy atom. The molecule has 2 heteroatoms. The molecule has 0 aromatic heterocycles. The number of rotatable bonds is 5. The van der Waals surface area contributed by atoms with Crippen LogP contribution >= 0.6 is 0 Å². The molecular formula is C15H29NO. The topological polar surface area (TPSA) is 21.3 Å². The van der Waals surface area contributed by atoms with E-state index in [0.29, 0.717) is 18.1 Å². The van der Waals surface area contributed by atoms with Crippen molar-refractivity contribution in [3.8, 4) is 0 Å². The van der Waals surface area contributed by atoms with Gasteiger partial charge in [-0.3, -0.25) is 0 Å². The maximum atomic E-state index is 6.30. The summed E-state index contributed by atoms with van der Waals surface area (Å²) in [6.45, 7) is 6.74. The molecule has 2 fully saturated rings. The van der Waals surface area contributed by atoms with Crippen LogP contribution in [-0.4, -0.2) is 25.3 Å². The molecule has 0 amide bonds. The second kappa shape index (κ2) is 6.75. The molecule has 1 aliphatic heterocycles. The Labute approximate surface area is 107 Å². The fourth-order valence-electron chi connectivity index (χ4n) is 3.46. The fourth-order valence-corrected chi connectivity index (χ4v) is 3.46. The molecule has 2 aliphatic rings. The van der Waals surface area contributed by atoms with Crippen LogP contribution in [0.3, 0.4) is 0 Å². The fraction of sp³-hybridized carbons (Fsp3) is 1.00. The lowest BCUT2D eigenvalue weighted by molar-refractivity contribution is -0.0717. The van der Waals surface area contributed by atoms with Gasteiger partial charge in [0.2, 0.25) is 0 Å². The predicted octanol–water partition coefficient (Wildman–Crippen LogP) is 3.36. The van der Waals surface area contributed by atoms with Crippen molar-refractivity contribution < 1.29 is 4.74 Å². The third-order valence-electron chi connectivity index (χ3n) is 4.53. The standard InChI is InChI=1S/C15H29NO/c1-3-6-12(2)15-11-16-10-14(17-15)9-13-7-4-5-8-13/h12-16H,3-11H2,1-2H3. The summed E-state index contributed by atoms with van der Waals surface area (Å²) in [7, 11) is 0. The van der Waals surface area contributed by atoms with Crippen molar-refractivity contribution in [1.29, 1.82) is 0 Å². The second-order valence-corrected chi connectivity index (χ2v) is 6.11. The van der Waals surface area contributed by atoms with E-state index in [0.717, 1.165) is 19.0 Å². The average Bonchev–Trinajstić information content (AvgIpc) is 2.82. The molecule has 0 radical (unpaired) electrons. The minimum Gasteiger partial charge on any atom is -0.372 e. The smallest absolute Gasteiger partial charge is 0.0729 e. The Morgan fingerprint density at radius 3 is 2.71 bits per heavy atom. The third-order valence-corrected chi connectivity index (χ3v) is 4.53. The average molecular weight is 239 g/mol. The van der Waals surface area contributed by atoms with Gasteiger partial charge in [0.15, 0.2) is 0 Å². The molecule has 1 heterocycles. The molecular weight excluding hydrogens is 210 g/mol. The van der Waals surface area contributed by atoms with Gasteiger partial charge in [-0.1, -0.05) is 46.0 Å². The first-order valence-corrected chi connectivity index (χ1v) is 7.65. The van der Waals surface area contributed by atoms with Crippen LogP contribution < -0.4 is 5.32 Å². The molecule has 100 valence electrons. The molecule has 1 N–H and O–H groups in total. The van der Waals surface area contributed by atoms with Gasteiger partial charge >= 0.3 is 0 Å². The van der Waals surface area contributed by atoms with Crippen molar-refractivity contribution >= 4 is 0 Å². The van der Waals surface area contributed by atoms with Crippen molar-refractivity contribution in [2.45, 2.75) is 71.0 Å². The van der Waals surface area contributed by atoms with Gasteiger partial charge in [-0.25, -0.2) is 0 Å². The van der Waals surface area contributed by atoms with E-state index in [4.69, 9.17) is 4.74 Å². The third kappa shape index (κ3) is 3.96. The normalized spacial score (nSPS) is 32.8. The van der Waals surface area contributed by atoms with Crippen LogP contribution in [0.5, 0.6) is 0 Å². The molecule has 1 aliphatic carbocycles. The summed E-state index contributed by atoms with van der Waals surface area (Å²) in [5.41, 5.74) is 0. The van der Waals surface area contributed by atoms with Crippen molar-refractivity contribution in [1.82, 2.24) is 5.32 Å². The highest BCUT2D eigenvalue weighted by molar-refractivity contribution is 4.81. The zero-order valence-electron chi connectivity index (χ0n) is 11.6. The lowest BCUT2D eigenvalue weighted by Gasteiger charge is -2.35. The highest BCUT2D eigenvalue weighted by Gasteiger charge is 2.28. The van der Waals surface area contributed by atoms with Gasteiger partial charge in [0.1, 0.15) is 0 Å². The van der Waals surface area contributed by atoms with Crippen LogP contribution in [0.15, 0.2) is 0 Å². The SMILES string of the molecule is CCCC(C)C1CNCC(CC2CCCC2)O1. The number of morpholine rings is 1. The van der Waals surface area contributed by atoms with Gasteiger partial charge in [0, 0.05) is 13.1 Å². The Morgan fingerprint density at radius 2 is 2.00 bits per heavy atom. The van der Waals surface area contributed by atoms with Gasteiger partial charge < -0.3 is 10.1 Å². The van der Waals surface area contributed by atoms with Crippen molar-refractivity contribution in [3.63, 3.8) is 0 Å². The first kappa shape index (κ1) is 13.4. The van der Waals surface area contributed by atoms with Crippen molar-refractivity contribution in [3.05, 3.63) is 0 Å². The Balaban J connectivity index is 1.75. The summed E-state index contributed by atoms with van der Waals surface area (Å²) in [4.78, 5) is 0. The van der Waals surface area contributed by atoms with Gasteiger partial charge in [0.25, 0.3) is 0 Å². The van der Waals surface area contributed by atoms with E-state index in [-0.39, 0.29) is 0 Å². The van der Waals surface area contributed by atoms with Gasteiger partial charge in [-0.15, -0.1) is 0 Å². The molecule has 3 unspecified atom stereocenters. The molecule has 1 saturated heterocycles. The molecule has 0 spiro atoms.